The van der Waals surface area contributed by atoms with Crippen molar-refractivity contribution >= 4 is 34.0 Å². The molecule has 3 aromatic carbocycles. The van der Waals surface area contributed by atoms with Gasteiger partial charge in [-0.2, -0.15) is 0 Å². The Balaban J connectivity index is 1.44. The average Bonchev–Trinajstić information content (AvgIpc) is 3.56. The zero-order chi connectivity index (χ0) is 23.0. The lowest BCUT2D eigenvalue weighted by atomic mass is 9.88. The molecule has 0 radical (unpaired) electrons. The van der Waals surface area contributed by atoms with Crippen molar-refractivity contribution in [2.75, 3.05) is 38.1 Å². The number of aliphatic imine (C=N–C) groups is 1. The first-order valence-corrected chi connectivity index (χ1v) is 12.8. The van der Waals surface area contributed by atoms with Gasteiger partial charge >= 0.3 is 0 Å². The van der Waals surface area contributed by atoms with Gasteiger partial charge in [-0.3, -0.25) is 4.99 Å². The van der Waals surface area contributed by atoms with Gasteiger partial charge in [0.2, 0.25) is 0 Å². The van der Waals surface area contributed by atoms with Crippen molar-refractivity contribution in [3.8, 4) is 0 Å². The van der Waals surface area contributed by atoms with Crippen molar-refractivity contribution in [2.45, 2.75) is 12.0 Å². The second-order valence-electron chi connectivity index (χ2n) is 9.25. The van der Waals surface area contributed by atoms with Crippen molar-refractivity contribution in [1.82, 2.24) is 9.88 Å². The number of nitrogens with zero attached hydrogens (tertiary/aromatic N) is 4. The van der Waals surface area contributed by atoms with Crippen LogP contribution in [0, 0.1) is 0 Å². The van der Waals surface area contributed by atoms with Crippen LogP contribution < -0.4 is 4.90 Å². The van der Waals surface area contributed by atoms with E-state index in [9.17, 15) is 0 Å². The van der Waals surface area contributed by atoms with Crippen LogP contribution in [-0.2, 0) is 12.0 Å². The highest BCUT2D eigenvalue weighted by Gasteiger charge is 2.37. The number of anilines is 1. The van der Waals surface area contributed by atoms with Crippen molar-refractivity contribution < 1.29 is 0 Å². The Kier molecular flexibility index (Phi) is 5.52. The SMILES string of the molecule is CN1CCN(c2cccc3ccc(C4(c5nccs5)C=C(Cc5ccccc5)C=N4)cc23)CC1. The van der Waals surface area contributed by atoms with E-state index in [4.69, 9.17) is 9.98 Å². The van der Waals surface area contributed by atoms with Crippen molar-refractivity contribution in [2.24, 2.45) is 4.99 Å². The Bertz CT molecular complexity index is 1350. The normalized spacial score (nSPS) is 20.7. The monoisotopic (exact) mass is 464 g/mol. The van der Waals surface area contributed by atoms with Gasteiger partial charge in [-0.25, -0.2) is 4.98 Å². The number of likely N-dealkylation sites (N-methyl/N-ethyl adjacent to an activating group) is 1. The molecular weight excluding hydrogens is 436 g/mol. The molecule has 4 nitrogen and oxygen atoms in total. The Hall–Kier alpha value is -3.28. The third-order valence-electron chi connectivity index (χ3n) is 6.98. The van der Waals surface area contributed by atoms with E-state index < -0.39 is 5.54 Å². The van der Waals surface area contributed by atoms with Crippen LogP contribution in [0.1, 0.15) is 16.1 Å². The van der Waals surface area contributed by atoms with Gasteiger partial charge in [-0.1, -0.05) is 54.6 Å². The number of piperazine rings is 1. The van der Waals surface area contributed by atoms with E-state index in [1.54, 1.807) is 11.3 Å². The molecule has 1 fully saturated rings. The summed E-state index contributed by atoms with van der Waals surface area (Å²) in [5, 5.41) is 5.63. The largest absolute Gasteiger partial charge is 0.368 e. The van der Waals surface area contributed by atoms with Crippen molar-refractivity contribution in [1.29, 1.82) is 0 Å². The van der Waals surface area contributed by atoms with Crippen LogP contribution in [0.15, 0.2) is 94.9 Å². The van der Waals surface area contributed by atoms with Crippen LogP contribution in [0.2, 0.25) is 0 Å². The van der Waals surface area contributed by atoms with Crippen molar-refractivity contribution in [3.05, 3.63) is 106 Å². The van der Waals surface area contributed by atoms with Gasteiger partial charge in [0.05, 0.1) is 0 Å². The number of hydrogen-bond donors (Lipinski definition) is 0. The maximum Gasteiger partial charge on any atom is 0.156 e. The molecule has 3 heterocycles. The van der Waals surface area contributed by atoms with Gasteiger partial charge in [-0.15, -0.1) is 11.3 Å². The molecule has 1 atom stereocenters. The lowest BCUT2D eigenvalue weighted by Crippen LogP contribution is -2.44. The van der Waals surface area contributed by atoms with Gasteiger partial charge < -0.3 is 9.80 Å². The molecule has 0 bridgehead atoms. The number of allylic oxidation sites excluding steroid dienone is 1. The minimum Gasteiger partial charge on any atom is -0.368 e. The van der Waals surface area contributed by atoms with Gasteiger partial charge in [-0.05, 0) is 53.8 Å². The summed E-state index contributed by atoms with van der Waals surface area (Å²) in [5.41, 5.74) is 4.45. The summed E-state index contributed by atoms with van der Waals surface area (Å²) < 4.78 is 0. The molecule has 6 rings (SSSR count). The Morgan fingerprint density at radius 3 is 2.59 bits per heavy atom. The maximum atomic E-state index is 5.13. The molecule has 2 aliphatic heterocycles. The van der Waals surface area contributed by atoms with Gasteiger partial charge in [0.1, 0.15) is 5.01 Å². The molecule has 0 saturated carbocycles. The zero-order valence-electron chi connectivity index (χ0n) is 19.4. The van der Waals surface area contributed by atoms with Crippen LogP contribution in [0.3, 0.4) is 0 Å². The number of fused-ring (bicyclic) bond motifs is 1. The third kappa shape index (κ3) is 3.85. The second-order valence-corrected chi connectivity index (χ2v) is 10.1. The third-order valence-corrected chi connectivity index (χ3v) is 7.88. The smallest absolute Gasteiger partial charge is 0.156 e. The Morgan fingerprint density at radius 1 is 0.941 bits per heavy atom. The Morgan fingerprint density at radius 2 is 1.79 bits per heavy atom. The summed E-state index contributed by atoms with van der Waals surface area (Å²) in [6.45, 7) is 4.29. The van der Waals surface area contributed by atoms with E-state index in [-0.39, 0.29) is 0 Å². The Labute approximate surface area is 204 Å². The molecule has 0 spiro atoms. The van der Waals surface area contributed by atoms with E-state index in [1.165, 1.54) is 33.2 Å². The number of benzene rings is 3. The lowest BCUT2D eigenvalue weighted by molar-refractivity contribution is 0.313. The van der Waals surface area contributed by atoms with Gasteiger partial charge in [0.25, 0.3) is 0 Å². The highest BCUT2D eigenvalue weighted by molar-refractivity contribution is 7.09. The van der Waals surface area contributed by atoms with Crippen LogP contribution in [0.5, 0.6) is 0 Å². The molecule has 2 aliphatic rings. The fraction of sp³-hybridized carbons (Fsp3) is 0.241. The molecule has 1 unspecified atom stereocenters. The first-order valence-electron chi connectivity index (χ1n) is 11.9. The number of hydrogen-bond acceptors (Lipinski definition) is 5. The molecule has 4 aromatic rings. The van der Waals surface area contributed by atoms with E-state index >= 15 is 0 Å². The highest BCUT2D eigenvalue weighted by atomic mass is 32.1. The predicted molar refractivity (Wildman–Crippen MR) is 143 cm³/mol. The summed E-state index contributed by atoms with van der Waals surface area (Å²) in [6, 6.07) is 24.1. The highest BCUT2D eigenvalue weighted by Crippen LogP contribution is 2.42. The van der Waals surface area contributed by atoms with E-state index in [0.29, 0.717) is 0 Å². The molecule has 0 aliphatic carbocycles. The summed E-state index contributed by atoms with van der Waals surface area (Å²) in [6.07, 6.45) is 7.12. The molecule has 34 heavy (non-hydrogen) atoms. The van der Waals surface area contributed by atoms with Crippen LogP contribution in [-0.4, -0.2) is 49.3 Å². The lowest BCUT2D eigenvalue weighted by Gasteiger charge is -2.35. The minimum atomic E-state index is -0.568. The molecular formula is C29H28N4S. The first kappa shape index (κ1) is 21.3. The van der Waals surface area contributed by atoms with Crippen LogP contribution >= 0.6 is 11.3 Å². The molecule has 170 valence electrons. The summed E-state index contributed by atoms with van der Waals surface area (Å²) in [5.74, 6) is 0. The molecule has 0 N–H and O–H groups in total. The fourth-order valence-electron chi connectivity index (χ4n) is 5.08. The minimum absolute atomic E-state index is 0.568. The van der Waals surface area contributed by atoms with E-state index in [1.807, 2.05) is 17.8 Å². The van der Waals surface area contributed by atoms with Crippen LogP contribution in [0.25, 0.3) is 10.8 Å². The standard InChI is InChI=1S/C29H28N4S/c1-32-13-15-33(16-14-32)27-9-5-8-24-10-11-25(19-26(24)27)29(28-30-12-17-34-28)20-23(21-31-29)18-22-6-3-2-4-7-22/h2-12,17,19-21H,13-16,18H2,1H3. The first-order chi connectivity index (χ1) is 16.7. The summed E-state index contributed by atoms with van der Waals surface area (Å²) in [7, 11) is 2.20. The van der Waals surface area contributed by atoms with E-state index in [2.05, 4.69) is 89.7 Å². The molecule has 1 aromatic heterocycles. The summed E-state index contributed by atoms with van der Waals surface area (Å²) in [4.78, 5) is 14.8. The molecule has 0 amide bonds. The molecule has 5 heteroatoms. The van der Waals surface area contributed by atoms with Gasteiger partial charge in [0.15, 0.2) is 5.54 Å². The molecule has 1 saturated heterocycles. The van der Waals surface area contributed by atoms with Crippen molar-refractivity contribution in [3.63, 3.8) is 0 Å². The topological polar surface area (TPSA) is 31.7 Å². The predicted octanol–water partition coefficient (Wildman–Crippen LogP) is 5.55. The second kappa shape index (κ2) is 8.82. The summed E-state index contributed by atoms with van der Waals surface area (Å²) >= 11 is 1.67. The number of thiazole rings is 1. The average molecular weight is 465 g/mol. The number of rotatable bonds is 5. The van der Waals surface area contributed by atoms with Gasteiger partial charge in [0, 0.05) is 55.0 Å². The van der Waals surface area contributed by atoms with E-state index in [0.717, 1.165) is 37.6 Å². The quantitative estimate of drug-likeness (QED) is 0.388. The number of aromatic nitrogens is 1. The maximum absolute atomic E-state index is 5.13. The van der Waals surface area contributed by atoms with Crippen LogP contribution in [0.4, 0.5) is 5.69 Å². The zero-order valence-corrected chi connectivity index (χ0v) is 20.2. The fourth-order valence-corrected chi connectivity index (χ4v) is 5.86.